The molecule has 1 fully saturated rings. The average molecular weight is 273 g/mol. The number of nitrogens with zero attached hydrogens (tertiary/aromatic N) is 4. The molecule has 0 aliphatic carbocycles. The Bertz CT molecular complexity index is 328. The second-order valence-electron chi connectivity index (χ2n) is 4.18. The number of piperazine rings is 1. The molecule has 0 bridgehead atoms. The van der Waals surface area contributed by atoms with Crippen LogP contribution in [0.2, 0.25) is 0 Å². The van der Waals surface area contributed by atoms with Crippen molar-refractivity contribution in [2.75, 3.05) is 33.2 Å². The van der Waals surface area contributed by atoms with Crippen LogP contribution in [0.1, 0.15) is 5.69 Å². The third-order valence-corrected chi connectivity index (χ3v) is 3.49. The molecule has 1 saturated heterocycles. The van der Waals surface area contributed by atoms with E-state index in [0.29, 0.717) is 0 Å². The first-order chi connectivity index (χ1) is 7.15. The molecule has 5 heteroatoms. The van der Waals surface area contributed by atoms with Gasteiger partial charge in [-0.15, -0.1) is 0 Å². The van der Waals surface area contributed by atoms with Gasteiger partial charge in [0.1, 0.15) is 0 Å². The molecule has 0 saturated carbocycles. The third-order valence-electron chi connectivity index (χ3n) is 2.82. The number of halogens is 1. The summed E-state index contributed by atoms with van der Waals surface area (Å²) in [4.78, 5) is 4.82. The quantitative estimate of drug-likeness (QED) is 0.801. The van der Waals surface area contributed by atoms with Gasteiger partial charge in [0, 0.05) is 46.0 Å². The fourth-order valence-corrected chi connectivity index (χ4v) is 2.33. The minimum Gasteiger partial charge on any atom is -0.304 e. The molecule has 0 atom stereocenters. The predicted octanol–water partition coefficient (Wildman–Crippen LogP) is 0.930. The molecule has 2 rings (SSSR count). The van der Waals surface area contributed by atoms with E-state index in [-0.39, 0.29) is 0 Å². The number of aryl methyl sites for hydroxylation is 1. The van der Waals surface area contributed by atoms with Crippen LogP contribution >= 0.6 is 15.9 Å². The van der Waals surface area contributed by atoms with Crippen molar-refractivity contribution in [3.05, 3.63) is 16.4 Å². The van der Waals surface area contributed by atoms with Gasteiger partial charge in [-0.2, -0.15) is 5.10 Å². The van der Waals surface area contributed by atoms with Crippen molar-refractivity contribution in [3.8, 4) is 0 Å². The maximum absolute atomic E-state index is 4.44. The standard InChI is InChI=1S/C10H17BrN4/c1-13-3-5-15(6-4-13)8-10-9(11)7-14(2)12-10/h7H,3-6,8H2,1-2H3. The minimum atomic E-state index is 0.954. The first-order valence-electron chi connectivity index (χ1n) is 5.24. The monoisotopic (exact) mass is 272 g/mol. The molecule has 1 aliphatic rings. The summed E-state index contributed by atoms with van der Waals surface area (Å²) in [7, 11) is 4.13. The lowest BCUT2D eigenvalue weighted by molar-refractivity contribution is 0.146. The Kier molecular flexibility index (Phi) is 3.43. The molecule has 0 spiro atoms. The summed E-state index contributed by atoms with van der Waals surface area (Å²) in [6, 6.07) is 0. The molecule has 15 heavy (non-hydrogen) atoms. The van der Waals surface area contributed by atoms with Crippen LogP contribution < -0.4 is 0 Å². The molecule has 0 N–H and O–H groups in total. The fourth-order valence-electron chi connectivity index (χ4n) is 1.83. The van der Waals surface area contributed by atoms with Crippen LogP contribution in [0.5, 0.6) is 0 Å². The summed E-state index contributed by atoms with van der Waals surface area (Å²) in [6.45, 7) is 5.54. The van der Waals surface area contributed by atoms with Crippen molar-refractivity contribution in [2.45, 2.75) is 6.54 Å². The molecule has 0 amide bonds. The van der Waals surface area contributed by atoms with E-state index in [4.69, 9.17) is 0 Å². The first kappa shape index (κ1) is 11.1. The van der Waals surface area contributed by atoms with E-state index in [1.54, 1.807) is 0 Å². The van der Waals surface area contributed by atoms with Gasteiger partial charge in [-0.1, -0.05) is 0 Å². The van der Waals surface area contributed by atoms with Crippen LogP contribution in [0.15, 0.2) is 10.7 Å². The largest absolute Gasteiger partial charge is 0.304 e. The van der Waals surface area contributed by atoms with Gasteiger partial charge < -0.3 is 4.90 Å². The number of likely N-dealkylation sites (N-methyl/N-ethyl adjacent to an activating group) is 1. The summed E-state index contributed by atoms with van der Waals surface area (Å²) in [5.41, 5.74) is 1.14. The van der Waals surface area contributed by atoms with Crippen LogP contribution in [0, 0.1) is 0 Å². The number of aromatic nitrogens is 2. The third kappa shape index (κ3) is 2.80. The van der Waals surface area contributed by atoms with Gasteiger partial charge in [0.05, 0.1) is 10.2 Å². The van der Waals surface area contributed by atoms with E-state index < -0.39 is 0 Å². The van der Waals surface area contributed by atoms with Crippen LogP contribution in [0.25, 0.3) is 0 Å². The Morgan fingerprint density at radius 3 is 2.47 bits per heavy atom. The molecule has 1 aliphatic heterocycles. The predicted molar refractivity (Wildman–Crippen MR) is 63.7 cm³/mol. The molecule has 1 aromatic heterocycles. The highest BCUT2D eigenvalue weighted by atomic mass is 79.9. The molecular weight excluding hydrogens is 256 g/mol. The van der Waals surface area contributed by atoms with Crippen molar-refractivity contribution in [2.24, 2.45) is 7.05 Å². The Morgan fingerprint density at radius 1 is 1.27 bits per heavy atom. The second-order valence-corrected chi connectivity index (χ2v) is 5.03. The minimum absolute atomic E-state index is 0.954. The fraction of sp³-hybridized carbons (Fsp3) is 0.700. The van der Waals surface area contributed by atoms with Crippen molar-refractivity contribution in [3.63, 3.8) is 0 Å². The average Bonchev–Trinajstić information content (AvgIpc) is 2.49. The first-order valence-corrected chi connectivity index (χ1v) is 6.03. The molecular formula is C10H17BrN4. The van der Waals surface area contributed by atoms with E-state index >= 15 is 0 Å². The van der Waals surface area contributed by atoms with Gasteiger partial charge in [0.2, 0.25) is 0 Å². The van der Waals surface area contributed by atoms with E-state index in [0.717, 1.165) is 42.9 Å². The Morgan fingerprint density at radius 2 is 1.93 bits per heavy atom. The summed E-state index contributed by atoms with van der Waals surface area (Å²) >= 11 is 3.54. The molecule has 0 unspecified atom stereocenters. The van der Waals surface area contributed by atoms with Gasteiger partial charge in [0.25, 0.3) is 0 Å². The Hall–Kier alpha value is -0.390. The molecule has 2 heterocycles. The molecule has 84 valence electrons. The number of hydrogen-bond donors (Lipinski definition) is 0. The van der Waals surface area contributed by atoms with Gasteiger partial charge in [-0.3, -0.25) is 9.58 Å². The van der Waals surface area contributed by atoms with Crippen LogP contribution in [-0.2, 0) is 13.6 Å². The van der Waals surface area contributed by atoms with Crippen LogP contribution in [0.4, 0.5) is 0 Å². The summed E-state index contributed by atoms with van der Waals surface area (Å²) < 4.78 is 2.97. The molecule has 0 aromatic carbocycles. The highest BCUT2D eigenvalue weighted by Gasteiger charge is 2.16. The van der Waals surface area contributed by atoms with E-state index in [1.807, 2.05) is 17.9 Å². The van der Waals surface area contributed by atoms with E-state index in [1.165, 1.54) is 0 Å². The zero-order valence-corrected chi connectivity index (χ0v) is 10.9. The normalized spacial score (nSPS) is 19.7. The van der Waals surface area contributed by atoms with Crippen molar-refractivity contribution in [1.29, 1.82) is 0 Å². The summed E-state index contributed by atoms with van der Waals surface area (Å²) in [6.07, 6.45) is 2.01. The zero-order chi connectivity index (χ0) is 10.8. The topological polar surface area (TPSA) is 24.3 Å². The highest BCUT2D eigenvalue weighted by molar-refractivity contribution is 9.10. The number of hydrogen-bond acceptors (Lipinski definition) is 3. The lowest BCUT2D eigenvalue weighted by atomic mass is 10.3. The van der Waals surface area contributed by atoms with Gasteiger partial charge in [-0.05, 0) is 23.0 Å². The summed E-state index contributed by atoms with van der Waals surface area (Å²) in [5, 5.41) is 4.44. The SMILES string of the molecule is CN1CCN(Cc2nn(C)cc2Br)CC1. The number of rotatable bonds is 2. The smallest absolute Gasteiger partial charge is 0.0906 e. The van der Waals surface area contributed by atoms with Gasteiger partial charge >= 0.3 is 0 Å². The maximum atomic E-state index is 4.44. The van der Waals surface area contributed by atoms with Gasteiger partial charge in [0.15, 0.2) is 0 Å². The maximum Gasteiger partial charge on any atom is 0.0906 e. The molecule has 0 radical (unpaired) electrons. The van der Waals surface area contributed by atoms with E-state index in [2.05, 4.69) is 37.9 Å². The van der Waals surface area contributed by atoms with Crippen molar-refractivity contribution >= 4 is 15.9 Å². The second kappa shape index (κ2) is 4.63. The molecule has 4 nitrogen and oxygen atoms in total. The van der Waals surface area contributed by atoms with Crippen molar-refractivity contribution in [1.82, 2.24) is 19.6 Å². The van der Waals surface area contributed by atoms with Gasteiger partial charge in [-0.25, -0.2) is 0 Å². The summed E-state index contributed by atoms with van der Waals surface area (Å²) in [5.74, 6) is 0. The highest BCUT2D eigenvalue weighted by Crippen LogP contribution is 2.16. The molecule has 1 aromatic rings. The van der Waals surface area contributed by atoms with Crippen molar-refractivity contribution < 1.29 is 0 Å². The van der Waals surface area contributed by atoms with E-state index in [9.17, 15) is 0 Å². The lowest BCUT2D eigenvalue weighted by Crippen LogP contribution is -2.44. The Labute approximate surface area is 99.0 Å². The van der Waals surface area contributed by atoms with Crippen LogP contribution in [-0.4, -0.2) is 52.8 Å². The van der Waals surface area contributed by atoms with Crippen LogP contribution in [0.3, 0.4) is 0 Å². The Balaban J connectivity index is 1.94. The zero-order valence-electron chi connectivity index (χ0n) is 9.28. The lowest BCUT2D eigenvalue weighted by Gasteiger charge is -2.31.